The summed E-state index contributed by atoms with van der Waals surface area (Å²) in [5.74, 6) is 1.97. The van der Waals surface area contributed by atoms with Crippen molar-refractivity contribution in [1.29, 1.82) is 0 Å². The second-order valence-electron chi connectivity index (χ2n) is 7.04. The number of ether oxygens (including phenoxy) is 1. The number of aryl methyl sites for hydroxylation is 1. The minimum absolute atomic E-state index is 0.0458. The molecule has 2 aliphatic rings. The number of nitrogens with one attached hydrogen (secondary N) is 2. The van der Waals surface area contributed by atoms with E-state index in [0.717, 1.165) is 38.1 Å². The first-order valence-corrected chi connectivity index (χ1v) is 8.49. The number of amides is 1. The Labute approximate surface area is 136 Å². The van der Waals surface area contributed by atoms with Gasteiger partial charge in [0.1, 0.15) is 0 Å². The van der Waals surface area contributed by atoms with E-state index in [1.54, 1.807) is 0 Å². The van der Waals surface area contributed by atoms with E-state index in [1.165, 1.54) is 0 Å². The molecule has 0 saturated carbocycles. The predicted molar refractivity (Wildman–Crippen MR) is 83.6 cm³/mol. The molecule has 0 bridgehead atoms. The van der Waals surface area contributed by atoms with Crippen LogP contribution in [0.25, 0.3) is 0 Å². The summed E-state index contributed by atoms with van der Waals surface area (Å²) in [6.45, 7) is 6.93. The van der Waals surface area contributed by atoms with Gasteiger partial charge >= 0.3 is 0 Å². The van der Waals surface area contributed by atoms with Crippen LogP contribution in [-0.2, 0) is 22.5 Å². The largest absolute Gasteiger partial charge is 0.381 e. The Balaban J connectivity index is 1.57. The van der Waals surface area contributed by atoms with Crippen LogP contribution in [0, 0.1) is 11.3 Å². The molecule has 2 N–H and O–H groups in total. The molecule has 1 aromatic rings. The number of rotatable bonds is 6. The van der Waals surface area contributed by atoms with Crippen molar-refractivity contribution in [3.63, 3.8) is 0 Å². The number of hydrogen-bond donors (Lipinski definition) is 2. The van der Waals surface area contributed by atoms with Crippen molar-refractivity contribution >= 4 is 5.91 Å². The SMILES string of the molecule is CC(C)CCc1noc(CNC2C(=O)NCC23CCOCC3)n1. The van der Waals surface area contributed by atoms with E-state index in [2.05, 4.69) is 34.6 Å². The molecule has 3 heterocycles. The molecule has 23 heavy (non-hydrogen) atoms. The average Bonchev–Trinajstić information content (AvgIpc) is 3.10. The summed E-state index contributed by atoms with van der Waals surface area (Å²) in [4.78, 5) is 16.6. The molecule has 0 aromatic carbocycles. The lowest BCUT2D eigenvalue weighted by atomic mass is 9.76. The van der Waals surface area contributed by atoms with Crippen LogP contribution in [0.3, 0.4) is 0 Å². The van der Waals surface area contributed by atoms with Crippen LogP contribution in [0.1, 0.15) is 44.8 Å². The highest BCUT2D eigenvalue weighted by Crippen LogP contribution is 2.37. The van der Waals surface area contributed by atoms with Crippen LogP contribution >= 0.6 is 0 Å². The summed E-state index contributed by atoms with van der Waals surface area (Å²) in [6.07, 6.45) is 3.66. The molecular formula is C16H26N4O3. The highest BCUT2D eigenvalue weighted by molar-refractivity contribution is 5.85. The molecular weight excluding hydrogens is 296 g/mol. The van der Waals surface area contributed by atoms with E-state index in [0.29, 0.717) is 31.6 Å². The Morgan fingerprint density at radius 3 is 2.91 bits per heavy atom. The molecule has 2 aliphatic heterocycles. The second-order valence-corrected chi connectivity index (χ2v) is 7.04. The molecule has 0 aliphatic carbocycles. The number of aromatic nitrogens is 2. The van der Waals surface area contributed by atoms with Gasteiger partial charge in [-0.15, -0.1) is 0 Å². The third kappa shape index (κ3) is 3.72. The average molecular weight is 322 g/mol. The van der Waals surface area contributed by atoms with Gasteiger partial charge in [0.2, 0.25) is 11.8 Å². The number of nitrogens with zero attached hydrogens (tertiary/aromatic N) is 2. The lowest BCUT2D eigenvalue weighted by molar-refractivity contribution is -0.122. The van der Waals surface area contributed by atoms with E-state index in [1.807, 2.05) is 0 Å². The number of hydrogen-bond acceptors (Lipinski definition) is 6. The lowest BCUT2D eigenvalue weighted by Gasteiger charge is -2.36. The van der Waals surface area contributed by atoms with Gasteiger partial charge in [-0.05, 0) is 25.2 Å². The van der Waals surface area contributed by atoms with Crippen molar-refractivity contribution in [1.82, 2.24) is 20.8 Å². The van der Waals surface area contributed by atoms with Crippen molar-refractivity contribution in [3.8, 4) is 0 Å². The molecule has 2 fully saturated rings. The van der Waals surface area contributed by atoms with Crippen LogP contribution in [0.4, 0.5) is 0 Å². The van der Waals surface area contributed by atoms with Gasteiger partial charge in [-0.1, -0.05) is 19.0 Å². The zero-order valence-corrected chi connectivity index (χ0v) is 13.9. The quantitative estimate of drug-likeness (QED) is 0.813. The van der Waals surface area contributed by atoms with Crippen LogP contribution in [0.15, 0.2) is 4.52 Å². The molecule has 3 rings (SSSR count). The molecule has 1 amide bonds. The summed E-state index contributed by atoms with van der Waals surface area (Å²) in [5.41, 5.74) is -0.0458. The van der Waals surface area contributed by atoms with Crippen molar-refractivity contribution in [3.05, 3.63) is 11.7 Å². The van der Waals surface area contributed by atoms with E-state index in [4.69, 9.17) is 9.26 Å². The maximum Gasteiger partial charge on any atom is 0.240 e. The van der Waals surface area contributed by atoms with Crippen molar-refractivity contribution in [2.75, 3.05) is 19.8 Å². The monoisotopic (exact) mass is 322 g/mol. The van der Waals surface area contributed by atoms with Gasteiger partial charge in [-0.25, -0.2) is 0 Å². The minimum atomic E-state index is -0.211. The van der Waals surface area contributed by atoms with E-state index in [-0.39, 0.29) is 17.4 Å². The smallest absolute Gasteiger partial charge is 0.240 e. The van der Waals surface area contributed by atoms with Crippen LogP contribution in [-0.4, -0.2) is 41.8 Å². The maximum atomic E-state index is 12.2. The molecule has 1 unspecified atom stereocenters. The number of carbonyl (C=O) groups is 1. The Morgan fingerprint density at radius 2 is 2.17 bits per heavy atom. The Hall–Kier alpha value is -1.47. The van der Waals surface area contributed by atoms with E-state index < -0.39 is 0 Å². The molecule has 1 aromatic heterocycles. The topological polar surface area (TPSA) is 89.3 Å². The van der Waals surface area contributed by atoms with Crippen LogP contribution < -0.4 is 10.6 Å². The minimum Gasteiger partial charge on any atom is -0.381 e. The Kier molecular flexibility index (Phi) is 4.96. The third-order valence-corrected chi connectivity index (χ3v) is 4.89. The molecule has 0 radical (unpaired) electrons. The van der Waals surface area contributed by atoms with Gasteiger partial charge in [0.05, 0.1) is 12.6 Å². The van der Waals surface area contributed by atoms with Gasteiger partial charge in [0.25, 0.3) is 0 Å². The normalized spacial score (nSPS) is 23.6. The molecule has 128 valence electrons. The Bertz CT molecular complexity index is 537. The molecule has 1 atom stereocenters. The first-order valence-electron chi connectivity index (χ1n) is 8.49. The standard InChI is InChI=1S/C16H26N4O3/c1-11(2)3-4-12-19-13(23-20-12)9-17-14-15(21)18-10-16(14)5-7-22-8-6-16/h11,14,17H,3-10H2,1-2H3,(H,18,21). The van der Waals surface area contributed by atoms with Crippen molar-refractivity contribution in [2.24, 2.45) is 11.3 Å². The second kappa shape index (κ2) is 6.97. The van der Waals surface area contributed by atoms with Gasteiger partial charge in [-0.3, -0.25) is 10.1 Å². The Morgan fingerprint density at radius 1 is 1.39 bits per heavy atom. The summed E-state index contributed by atoms with van der Waals surface area (Å²) in [6, 6.07) is -0.211. The third-order valence-electron chi connectivity index (χ3n) is 4.89. The zero-order valence-electron chi connectivity index (χ0n) is 13.9. The first kappa shape index (κ1) is 16.4. The predicted octanol–water partition coefficient (Wildman–Crippen LogP) is 1.04. The van der Waals surface area contributed by atoms with Gasteiger partial charge in [0, 0.05) is 31.6 Å². The van der Waals surface area contributed by atoms with Crippen LogP contribution in [0.5, 0.6) is 0 Å². The van der Waals surface area contributed by atoms with Crippen molar-refractivity contribution in [2.45, 2.75) is 52.1 Å². The highest BCUT2D eigenvalue weighted by atomic mass is 16.5. The fourth-order valence-corrected chi connectivity index (χ4v) is 3.37. The van der Waals surface area contributed by atoms with Gasteiger partial charge in [0.15, 0.2) is 5.82 Å². The molecule has 7 nitrogen and oxygen atoms in total. The summed E-state index contributed by atoms with van der Waals surface area (Å²) in [7, 11) is 0. The summed E-state index contributed by atoms with van der Waals surface area (Å²) >= 11 is 0. The molecule has 1 spiro atoms. The fourth-order valence-electron chi connectivity index (χ4n) is 3.37. The van der Waals surface area contributed by atoms with E-state index in [9.17, 15) is 4.79 Å². The maximum absolute atomic E-state index is 12.2. The highest BCUT2D eigenvalue weighted by Gasteiger charge is 2.48. The van der Waals surface area contributed by atoms with Gasteiger partial charge < -0.3 is 14.6 Å². The zero-order chi connectivity index (χ0) is 16.3. The number of carbonyl (C=O) groups excluding carboxylic acids is 1. The van der Waals surface area contributed by atoms with E-state index >= 15 is 0 Å². The molecule has 2 saturated heterocycles. The summed E-state index contributed by atoms with van der Waals surface area (Å²) < 4.78 is 10.7. The first-order chi connectivity index (χ1) is 11.1. The summed E-state index contributed by atoms with van der Waals surface area (Å²) in [5, 5.41) is 10.3. The molecule has 7 heteroatoms. The van der Waals surface area contributed by atoms with Crippen LogP contribution in [0.2, 0.25) is 0 Å². The fraction of sp³-hybridized carbons (Fsp3) is 0.812. The van der Waals surface area contributed by atoms with Crippen molar-refractivity contribution < 1.29 is 14.1 Å². The lowest BCUT2D eigenvalue weighted by Crippen LogP contribution is -2.49. The van der Waals surface area contributed by atoms with Gasteiger partial charge in [-0.2, -0.15) is 4.98 Å².